The molecule has 0 amide bonds. The molecule has 0 heterocycles. The van der Waals surface area contributed by atoms with Crippen molar-refractivity contribution in [3.05, 3.63) is 157 Å². The molecule has 0 radical (unpaired) electrons. The molecule has 222 valence electrons. The summed E-state index contributed by atoms with van der Waals surface area (Å²) in [5.74, 6) is 0. The molecule has 0 nitrogen and oxygen atoms in total. The van der Waals surface area contributed by atoms with Gasteiger partial charge in [-0.1, -0.05) is 122 Å². The van der Waals surface area contributed by atoms with E-state index in [1.807, 2.05) is 0 Å². The summed E-state index contributed by atoms with van der Waals surface area (Å²) in [6, 6.07) is 52.5. The predicted octanol–water partition coefficient (Wildman–Crippen LogP) is 5.32. The first-order valence-electron chi connectivity index (χ1n) is 14.8. The summed E-state index contributed by atoms with van der Waals surface area (Å²) in [7, 11) is 0. The molecule has 0 spiro atoms. The van der Waals surface area contributed by atoms with Gasteiger partial charge in [-0.05, 0) is 32.7 Å². The zero-order valence-corrected chi connectivity index (χ0v) is 30.8. The average Bonchev–Trinajstić information content (AvgIpc) is 3.62. The van der Waals surface area contributed by atoms with E-state index in [1.165, 1.54) is 76.5 Å². The first-order chi connectivity index (χ1) is 21.1. The van der Waals surface area contributed by atoms with Crippen LogP contribution in [0.15, 0.2) is 146 Å². The van der Waals surface area contributed by atoms with Crippen molar-refractivity contribution in [3.8, 4) is 22.3 Å². The molecule has 8 aromatic carbocycles. The molecule has 0 fully saturated rings. The Kier molecular flexibility index (Phi) is 12.2. The fourth-order valence-electron chi connectivity index (χ4n) is 6.16. The molecule has 0 aliphatic rings. The van der Waals surface area contributed by atoms with E-state index in [4.69, 9.17) is 0 Å². The zero-order chi connectivity index (χ0) is 29.8. The molecule has 0 aliphatic carbocycles. The van der Waals surface area contributed by atoms with Crippen LogP contribution >= 0.6 is 0 Å². The summed E-state index contributed by atoms with van der Waals surface area (Å²) in [6.45, 7) is 6.57. The molecule has 0 N–H and O–H groups in total. The van der Waals surface area contributed by atoms with E-state index in [2.05, 4.69) is 166 Å². The van der Waals surface area contributed by atoms with E-state index < -0.39 is 0 Å². The quantitative estimate of drug-likeness (QED) is 0.168. The van der Waals surface area contributed by atoms with Crippen LogP contribution in [0.3, 0.4) is 0 Å². The summed E-state index contributed by atoms with van der Waals surface area (Å²) in [5.41, 5.74) is 7.94. The molecule has 0 unspecified atom stereocenters. The van der Waals surface area contributed by atoms with Gasteiger partial charge in [0.2, 0.25) is 0 Å². The van der Waals surface area contributed by atoms with Crippen LogP contribution < -0.4 is 24.8 Å². The van der Waals surface area contributed by atoms with E-state index in [9.17, 15) is 0 Å². The van der Waals surface area contributed by atoms with Gasteiger partial charge in [-0.3, -0.25) is 0 Å². The third-order valence-electron chi connectivity index (χ3n) is 7.95. The van der Waals surface area contributed by atoms with E-state index in [-0.39, 0.29) is 24.8 Å². The Balaban J connectivity index is 0.000000181. The number of benzene rings is 6. The van der Waals surface area contributed by atoms with Gasteiger partial charge < -0.3 is 24.8 Å². The smallest absolute Gasteiger partial charge is 0.0114 e. The Morgan fingerprint density at radius 2 is 0.756 bits per heavy atom. The summed E-state index contributed by atoms with van der Waals surface area (Å²) in [6.07, 6.45) is 0.840. The number of hydrogen-bond acceptors (Lipinski definition) is 0. The van der Waals surface area contributed by atoms with Crippen LogP contribution in [0.5, 0.6) is 0 Å². The Labute approximate surface area is 294 Å². The first-order valence-corrected chi connectivity index (χ1v) is 20.8. The molecular weight excluding hydrogens is 683 g/mol. The van der Waals surface area contributed by atoms with E-state index in [1.54, 1.807) is 23.3 Å². The molecule has 0 saturated heterocycles. The SMILES string of the molecule is C[SiH]=[Zr+2].Cc1cc2c(-c3cccc4ccccc34)cccc2[cH-]1.Cc1cc2c(-c3cccc4ccccc34)cccc2[cH-]1.[Cl-].[Cl-]. The van der Waals surface area contributed by atoms with Crippen molar-refractivity contribution < 1.29 is 48.1 Å². The fraction of sp³-hybridized carbons (Fsp3) is 0.0732. The molecule has 0 bridgehead atoms. The molecule has 0 aromatic heterocycles. The Bertz CT molecular complexity index is 2040. The van der Waals surface area contributed by atoms with Crippen molar-refractivity contribution in [2.24, 2.45) is 0 Å². The van der Waals surface area contributed by atoms with Crippen LogP contribution in [0.2, 0.25) is 6.55 Å². The Hall–Kier alpha value is -3.26. The van der Waals surface area contributed by atoms with Crippen molar-refractivity contribution in [1.29, 1.82) is 0 Å². The maximum Gasteiger partial charge on any atom is -0.0114 e. The van der Waals surface area contributed by atoms with Crippen molar-refractivity contribution in [2.45, 2.75) is 20.4 Å². The average molecular weight is 717 g/mol. The molecule has 4 heteroatoms. The third kappa shape index (κ3) is 7.43. The van der Waals surface area contributed by atoms with Crippen LogP contribution in [-0.2, 0) is 23.3 Å². The summed E-state index contributed by atoms with van der Waals surface area (Å²) >= 11 is 1.72. The van der Waals surface area contributed by atoms with Gasteiger partial charge in [0.1, 0.15) is 0 Å². The van der Waals surface area contributed by atoms with Crippen molar-refractivity contribution in [3.63, 3.8) is 0 Å². The maximum atomic E-state index is 2.28. The van der Waals surface area contributed by atoms with E-state index in [0.29, 0.717) is 0 Å². The number of aryl methyl sites for hydroxylation is 2. The minimum absolute atomic E-state index is 0. The van der Waals surface area contributed by atoms with E-state index in [0.717, 1.165) is 6.16 Å². The van der Waals surface area contributed by atoms with Gasteiger partial charge in [-0.15, -0.1) is 69.1 Å². The van der Waals surface area contributed by atoms with Crippen LogP contribution in [0.4, 0.5) is 0 Å². The van der Waals surface area contributed by atoms with Crippen molar-refractivity contribution in [1.82, 2.24) is 0 Å². The zero-order valence-electron chi connectivity index (χ0n) is 25.7. The van der Waals surface area contributed by atoms with Gasteiger partial charge in [-0.25, -0.2) is 0 Å². The largest absolute Gasteiger partial charge is 1.00 e. The van der Waals surface area contributed by atoms with Gasteiger partial charge in [0.25, 0.3) is 0 Å². The number of hydrogen-bond donors (Lipinski definition) is 0. The third-order valence-corrected chi connectivity index (χ3v) is 7.95. The number of fused-ring (bicyclic) bond motifs is 4. The second-order valence-electron chi connectivity index (χ2n) is 11.0. The van der Waals surface area contributed by atoms with Crippen LogP contribution in [0.25, 0.3) is 65.3 Å². The van der Waals surface area contributed by atoms with Gasteiger partial charge in [0, 0.05) is 0 Å². The molecule has 0 saturated carbocycles. The Morgan fingerprint density at radius 1 is 0.444 bits per heavy atom. The summed E-state index contributed by atoms with van der Waals surface area (Å²) in [5, 5.41) is 10.6. The van der Waals surface area contributed by atoms with Crippen LogP contribution in [0.1, 0.15) is 11.1 Å². The standard InChI is InChI=1S/2C20H15.CH4Si.2ClH.Zr/c2*1-14-12-16-8-5-11-19(20(16)13-14)18-10-4-7-15-6-2-3-9-17(15)18;1-2;;;/h2*2-13H,1H3;2H,1H3;2*1H;/q2*-1;;;;+2/p-2. The topological polar surface area (TPSA) is 0 Å². The fourth-order valence-corrected chi connectivity index (χ4v) is 6.16. The molecule has 45 heavy (non-hydrogen) atoms. The van der Waals surface area contributed by atoms with E-state index >= 15 is 0 Å². The van der Waals surface area contributed by atoms with Gasteiger partial charge in [0.05, 0.1) is 0 Å². The van der Waals surface area contributed by atoms with Gasteiger partial charge in [-0.2, -0.15) is 12.1 Å². The summed E-state index contributed by atoms with van der Waals surface area (Å²) in [4.78, 5) is 0. The van der Waals surface area contributed by atoms with Gasteiger partial charge >= 0.3 is 36.0 Å². The Morgan fingerprint density at radius 3 is 1.16 bits per heavy atom. The normalized spacial score (nSPS) is 10.3. The van der Waals surface area contributed by atoms with Crippen molar-refractivity contribution >= 4 is 49.2 Å². The van der Waals surface area contributed by atoms with Crippen LogP contribution in [0, 0.1) is 13.8 Å². The minimum Gasteiger partial charge on any atom is -1.00 e. The second kappa shape index (κ2) is 15.8. The maximum absolute atomic E-state index is 2.28. The minimum atomic E-state index is 0. The molecule has 0 atom stereocenters. The number of rotatable bonds is 2. The first kappa shape index (κ1) is 34.6. The molecule has 8 aromatic rings. The molecule has 0 aliphatic heterocycles. The van der Waals surface area contributed by atoms with Gasteiger partial charge in [0.15, 0.2) is 0 Å². The molecular formula is C41H34Cl2SiZr-2. The summed E-state index contributed by atoms with van der Waals surface area (Å²) < 4.78 is 0. The monoisotopic (exact) mass is 714 g/mol. The predicted molar refractivity (Wildman–Crippen MR) is 187 cm³/mol. The number of halogens is 2. The second-order valence-corrected chi connectivity index (χ2v) is 15.9. The van der Waals surface area contributed by atoms with Crippen LogP contribution in [-0.4, -0.2) is 6.16 Å². The molecule has 8 rings (SSSR count). The van der Waals surface area contributed by atoms with Crippen molar-refractivity contribution in [2.75, 3.05) is 0 Å².